The summed E-state index contributed by atoms with van der Waals surface area (Å²) in [4.78, 5) is 0.714. The third kappa shape index (κ3) is 4.07. The quantitative estimate of drug-likeness (QED) is 0.625. The zero-order valence-electron chi connectivity index (χ0n) is 13.8. The molecule has 1 unspecified atom stereocenters. The number of sulfone groups is 1. The van der Waals surface area contributed by atoms with Gasteiger partial charge in [-0.05, 0) is 41.9 Å². The Balaban J connectivity index is 1.89. The fourth-order valence-electron chi connectivity index (χ4n) is 2.39. The number of thiophene rings is 2. The van der Waals surface area contributed by atoms with Gasteiger partial charge in [0.05, 0.1) is 4.90 Å². The number of aryl methyl sites for hydroxylation is 1. The predicted molar refractivity (Wildman–Crippen MR) is 105 cm³/mol. The van der Waals surface area contributed by atoms with E-state index in [0.717, 1.165) is 16.9 Å². The summed E-state index contributed by atoms with van der Waals surface area (Å²) in [6.07, 6.45) is 0. The van der Waals surface area contributed by atoms with Crippen LogP contribution >= 0.6 is 22.7 Å². The fourth-order valence-corrected chi connectivity index (χ4v) is 7.53. The van der Waals surface area contributed by atoms with Crippen molar-refractivity contribution in [3.8, 4) is 0 Å². The maximum atomic E-state index is 13.0. The Labute approximate surface area is 161 Å². The summed E-state index contributed by atoms with van der Waals surface area (Å²) in [7, 11) is -7.49. The lowest BCUT2D eigenvalue weighted by molar-refractivity contribution is 0.570. The van der Waals surface area contributed by atoms with Crippen molar-refractivity contribution in [1.29, 1.82) is 0 Å². The highest BCUT2D eigenvalue weighted by Crippen LogP contribution is 2.33. The molecule has 0 aliphatic carbocycles. The van der Waals surface area contributed by atoms with Gasteiger partial charge in [0.25, 0.3) is 0 Å². The molecule has 0 aliphatic rings. The largest absolute Gasteiger partial charge is 0.240 e. The summed E-state index contributed by atoms with van der Waals surface area (Å²) in [6, 6.07) is 13.1. The Bertz CT molecular complexity index is 1050. The first-order valence-corrected chi connectivity index (χ1v) is 12.5. The SMILES string of the molecule is Cc1ccc(S(=O)(=O)NCC(c2cccs2)S(=O)(=O)c2cccs2)cc1. The van der Waals surface area contributed by atoms with Crippen molar-refractivity contribution in [2.45, 2.75) is 21.3 Å². The lowest BCUT2D eigenvalue weighted by atomic mass is 10.2. The molecule has 0 saturated heterocycles. The zero-order chi connectivity index (χ0) is 18.8. The van der Waals surface area contributed by atoms with Crippen LogP contribution in [0.3, 0.4) is 0 Å². The summed E-state index contributed by atoms with van der Waals surface area (Å²) in [6.45, 7) is 1.64. The van der Waals surface area contributed by atoms with Crippen LogP contribution in [0.4, 0.5) is 0 Å². The van der Waals surface area contributed by atoms with Crippen LogP contribution in [0, 0.1) is 6.92 Å². The lowest BCUT2D eigenvalue weighted by Gasteiger charge is -2.16. The van der Waals surface area contributed by atoms with Gasteiger partial charge in [-0.25, -0.2) is 21.6 Å². The minimum Gasteiger partial charge on any atom is -0.222 e. The Hall–Kier alpha value is -1.52. The molecule has 5 nitrogen and oxygen atoms in total. The molecule has 1 aromatic carbocycles. The van der Waals surface area contributed by atoms with Crippen LogP contribution in [0.15, 0.2) is 68.4 Å². The van der Waals surface area contributed by atoms with Gasteiger partial charge in [0.15, 0.2) is 9.84 Å². The second-order valence-electron chi connectivity index (χ2n) is 5.65. The van der Waals surface area contributed by atoms with Gasteiger partial charge in [-0.2, -0.15) is 0 Å². The van der Waals surface area contributed by atoms with Crippen molar-refractivity contribution in [2.24, 2.45) is 0 Å². The van der Waals surface area contributed by atoms with Gasteiger partial charge in [-0.1, -0.05) is 29.8 Å². The van der Waals surface area contributed by atoms with Crippen LogP contribution in [0.25, 0.3) is 0 Å². The molecule has 9 heteroatoms. The minimum atomic E-state index is -3.80. The first-order chi connectivity index (χ1) is 12.3. The molecule has 0 saturated carbocycles. The monoisotopic (exact) mass is 427 g/mol. The molecular formula is C17H17NO4S4. The van der Waals surface area contributed by atoms with Crippen molar-refractivity contribution < 1.29 is 16.8 Å². The van der Waals surface area contributed by atoms with E-state index in [2.05, 4.69) is 4.72 Å². The van der Waals surface area contributed by atoms with Crippen molar-refractivity contribution in [1.82, 2.24) is 4.72 Å². The molecule has 3 rings (SSSR count). The summed E-state index contributed by atoms with van der Waals surface area (Å²) in [5.74, 6) is 0. The predicted octanol–water partition coefficient (Wildman–Crippen LogP) is 3.61. The standard InChI is InChI=1S/C17H17NO4S4/c1-13-6-8-14(9-7-13)26(21,22)18-12-16(15-4-2-10-23-15)25(19,20)17-5-3-11-24-17/h2-11,16,18H,12H2,1H3. The number of sulfonamides is 1. The molecule has 3 aromatic rings. The second-order valence-corrected chi connectivity index (χ2v) is 11.7. The Kier molecular flexibility index (Phi) is 5.64. The molecular weight excluding hydrogens is 410 g/mol. The zero-order valence-corrected chi connectivity index (χ0v) is 17.1. The average Bonchev–Trinajstić information content (AvgIpc) is 3.29. The van der Waals surface area contributed by atoms with Crippen molar-refractivity contribution >= 4 is 42.5 Å². The molecule has 2 aromatic heterocycles. The van der Waals surface area contributed by atoms with Gasteiger partial charge < -0.3 is 0 Å². The average molecular weight is 428 g/mol. The molecule has 0 radical (unpaired) electrons. The first-order valence-electron chi connectivity index (χ1n) is 7.68. The summed E-state index contributed by atoms with van der Waals surface area (Å²) in [5.41, 5.74) is 0.945. The molecule has 2 heterocycles. The number of hydrogen-bond donors (Lipinski definition) is 1. The summed E-state index contributed by atoms with van der Waals surface area (Å²) in [5, 5.41) is 2.50. The molecule has 0 bridgehead atoms. The van der Waals surface area contributed by atoms with E-state index in [0.29, 0.717) is 4.88 Å². The van der Waals surface area contributed by atoms with E-state index >= 15 is 0 Å². The van der Waals surface area contributed by atoms with Gasteiger partial charge >= 0.3 is 0 Å². The van der Waals surface area contributed by atoms with Gasteiger partial charge in [-0.3, -0.25) is 0 Å². The van der Waals surface area contributed by atoms with E-state index in [1.807, 2.05) is 6.92 Å². The molecule has 1 N–H and O–H groups in total. The molecule has 1 atom stereocenters. The van der Waals surface area contributed by atoms with Gasteiger partial charge in [0.1, 0.15) is 9.46 Å². The molecule has 0 amide bonds. The number of hydrogen-bond acceptors (Lipinski definition) is 6. The Morgan fingerprint density at radius 3 is 2.15 bits per heavy atom. The van der Waals surface area contributed by atoms with E-state index in [-0.39, 0.29) is 15.6 Å². The van der Waals surface area contributed by atoms with Crippen LogP contribution in [0.1, 0.15) is 15.7 Å². The van der Waals surface area contributed by atoms with E-state index in [4.69, 9.17) is 0 Å². The minimum absolute atomic E-state index is 0.113. The van der Waals surface area contributed by atoms with E-state index in [9.17, 15) is 16.8 Å². The highest BCUT2D eigenvalue weighted by atomic mass is 32.2. The smallest absolute Gasteiger partial charge is 0.222 e. The third-order valence-electron chi connectivity index (χ3n) is 3.80. The molecule has 0 fully saturated rings. The Morgan fingerprint density at radius 1 is 0.923 bits per heavy atom. The van der Waals surface area contributed by atoms with Crippen molar-refractivity contribution in [3.63, 3.8) is 0 Å². The highest BCUT2D eigenvalue weighted by molar-refractivity contribution is 7.94. The van der Waals surface area contributed by atoms with Crippen LogP contribution in [0.5, 0.6) is 0 Å². The molecule has 26 heavy (non-hydrogen) atoms. The highest BCUT2D eigenvalue weighted by Gasteiger charge is 2.32. The van der Waals surface area contributed by atoms with Gasteiger partial charge in [-0.15, -0.1) is 22.7 Å². The molecule has 0 spiro atoms. The lowest BCUT2D eigenvalue weighted by Crippen LogP contribution is -2.31. The third-order valence-corrected chi connectivity index (χ3v) is 9.89. The van der Waals surface area contributed by atoms with Gasteiger partial charge in [0, 0.05) is 11.4 Å². The molecule has 0 aliphatic heterocycles. The maximum Gasteiger partial charge on any atom is 0.240 e. The maximum absolute atomic E-state index is 13.0. The van der Waals surface area contributed by atoms with E-state index in [1.165, 1.54) is 29.5 Å². The molecule has 138 valence electrons. The fraction of sp³-hybridized carbons (Fsp3) is 0.176. The second kappa shape index (κ2) is 7.61. The number of nitrogens with one attached hydrogen (secondary N) is 1. The number of rotatable bonds is 7. The van der Waals surface area contributed by atoms with Crippen molar-refractivity contribution in [2.75, 3.05) is 6.54 Å². The number of benzene rings is 1. The van der Waals surface area contributed by atoms with Crippen LogP contribution in [0.2, 0.25) is 0 Å². The van der Waals surface area contributed by atoms with Gasteiger partial charge in [0.2, 0.25) is 10.0 Å². The summed E-state index contributed by atoms with van der Waals surface area (Å²) < 4.78 is 53.7. The summed E-state index contributed by atoms with van der Waals surface area (Å²) >= 11 is 2.42. The first kappa shape index (κ1) is 19.2. The van der Waals surface area contributed by atoms with Crippen LogP contribution in [-0.4, -0.2) is 23.4 Å². The van der Waals surface area contributed by atoms with E-state index in [1.54, 1.807) is 41.1 Å². The Morgan fingerprint density at radius 2 is 1.58 bits per heavy atom. The van der Waals surface area contributed by atoms with Crippen LogP contribution in [-0.2, 0) is 19.9 Å². The van der Waals surface area contributed by atoms with E-state index < -0.39 is 25.1 Å². The van der Waals surface area contributed by atoms with Crippen molar-refractivity contribution in [3.05, 3.63) is 69.7 Å². The van der Waals surface area contributed by atoms with Crippen LogP contribution < -0.4 is 4.72 Å². The topological polar surface area (TPSA) is 80.3 Å². The normalized spacial score (nSPS) is 13.6.